The number of nitrogens with zero attached hydrogens (tertiary/aromatic N) is 2. The third-order valence-corrected chi connectivity index (χ3v) is 4.78. The van der Waals surface area contributed by atoms with Gasteiger partial charge in [0.15, 0.2) is 5.15 Å². The predicted octanol–water partition coefficient (Wildman–Crippen LogP) is 5.54. The van der Waals surface area contributed by atoms with Gasteiger partial charge in [-0.3, -0.25) is 0 Å². The van der Waals surface area contributed by atoms with Gasteiger partial charge in [0.1, 0.15) is 5.75 Å². The summed E-state index contributed by atoms with van der Waals surface area (Å²) in [5.41, 5.74) is 2.53. The number of fused-ring (bicyclic) bond motifs is 1. The second-order valence-corrected chi connectivity index (χ2v) is 6.45. The van der Waals surface area contributed by atoms with E-state index in [1.54, 1.807) is 7.11 Å². The van der Waals surface area contributed by atoms with E-state index in [2.05, 4.69) is 25.8 Å². The van der Waals surface area contributed by atoms with Crippen LogP contribution < -0.4 is 4.74 Å². The van der Waals surface area contributed by atoms with Crippen LogP contribution in [0.4, 0.5) is 0 Å². The largest absolute Gasteiger partial charge is 0.497 e. The zero-order chi connectivity index (χ0) is 16.2. The number of benzene rings is 1. The fraction of sp³-hybridized carbons (Fsp3) is 0.556. The highest BCUT2D eigenvalue weighted by Gasteiger charge is 2.29. The van der Waals surface area contributed by atoms with E-state index in [1.807, 2.05) is 18.2 Å². The molecule has 1 aromatic heterocycles. The normalized spacial score (nSPS) is 14.0. The highest BCUT2D eigenvalue weighted by molar-refractivity contribution is 6.30. The Morgan fingerprint density at radius 3 is 2.55 bits per heavy atom. The maximum Gasteiger partial charge on any atom is 0.151 e. The molecule has 2 rings (SSSR count). The second kappa shape index (κ2) is 7.28. The van der Waals surface area contributed by atoms with Crippen LogP contribution in [0.2, 0.25) is 5.15 Å². The number of hydrogen-bond acceptors (Lipinski definition) is 3. The first-order chi connectivity index (χ1) is 10.5. The minimum atomic E-state index is -0.0312. The van der Waals surface area contributed by atoms with Crippen LogP contribution >= 0.6 is 11.6 Å². The van der Waals surface area contributed by atoms with Crippen LogP contribution in [0, 0.1) is 0 Å². The SMILES string of the molecule is CCCCCC(C)(CC)c1nc2cc(OC)ccc2nc1Cl. The standard InChI is InChI=1S/C18H25ClN2O/c1-5-7-8-11-18(3,6-2)16-17(19)21-14-10-9-13(22-4)12-15(14)20-16/h9-10,12H,5-8,11H2,1-4H3. The number of unbranched alkanes of at least 4 members (excludes halogenated alkanes) is 2. The molecule has 3 nitrogen and oxygen atoms in total. The zero-order valence-corrected chi connectivity index (χ0v) is 14.7. The van der Waals surface area contributed by atoms with Crippen molar-refractivity contribution in [2.75, 3.05) is 7.11 Å². The van der Waals surface area contributed by atoms with Crippen molar-refractivity contribution in [1.29, 1.82) is 0 Å². The van der Waals surface area contributed by atoms with Gasteiger partial charge in [0.2, 0.25) is 0 Å². The Morgan fingerprint density at radius 2 is 1.91 bits per heavy atom. The minimum absolute atomic E-state index is 0.0312. The maximum absolute atomic E-state index is 6.45. The summed E-state index contributed by atoms with van der Waals surface area (Å²) < 4.78 is 5.28. The molecule has 1 atom stereocenters. The molecule has 0 bridgehead atoms. The van der Waals surface area contributed by atoms with Crippen molar-refractivity contribution in [1.82, 2.24) is 9.97 Å². The van der Waals surface area contributed by atoms with Gasteiger partial charge in [0.25, 0.3) is 0 Å². The van der Waals surface area contributed by atoms with Gasteiger partial charge in [0, 0.05) is 11.5 Å². The van der Waals surface area contributed by atoms with Crippen molar-refractivity contribution in [2.45, 2.75) is 58.3 Å². The lowest BCUT2D eigenvalue weighted by Gasteiger charge is -2.28. The number of aromatic nitrogens is 2. The number of ether oxygens (including phenoxy) is 1. The first kappa shape index (κ1) is 17.0. The van der Waals surface area contributed by atoms with Gasteiger partial charge in [-0.15, -0.1) is 0 Å². The van der Waals surface area contributed by atoms with Crippen LogP contribution in [0.1, 0.15) is 58.6 Å². The molecule has 0 fully saturated rings. The van der Waals surface area contributed by atoms with Crippen molar-refractivity contribution in [3.8, 4) is 5.75 Å². The number of methoxy groups -OCH3 is 1. The molecular weight excluding hydrogens is 296 g/mol. The van der Waals surface area contributed by atoms with Crippen LogP contribution in [0.15, 0.2) is 18.2 Å². The van der Waals surface area contributed by atoms with E-state index < -0.39 is 0 Å². The summed E-state index contributed by atoms with van der Waals surface area (Å²) >= 11 is 6.45. The molecule has 22 heavy (non-hydrogen) atoms. The molecule has 0 aliphatic carbocycles. The Hall–Kier alpha value is -1.35. The number of rotatable bonds is 7. The average molecular weight is 321 g/mol. The summed E-state index contributed by atoms with van der Waals surface area (Å²) in [6, 6.07) is 5.70. The van der Waals surface area contributed by atoms with E-state index in [0.29, 0.717) is 5.15 Å². The van der Waals surface area contributed by atoms with E-state index >= 15 is 0 Å². The molecule has 0 aliphatic rings. The molecule has 1 aromatic carbocycles. The molecule has 0 N–H and O–H groups in total. The summed E-state index contributed by atoms with van der Waals surface area (Å²) in [6.07, 6.45) is 5.73. The Bertz CT molecular complexity index is 644. The Morgan fingerprint density at radius 1 is 1.14 bits per heavy atom. The smallest absolute Gasteiger partial charge is 0.151 e. The molecule has 120 valence electrons. The summed E-state index contributed by atoms with van der Waals surface area (Å²) in [4.78, 5) is 9.37. The molecule has 0 saturated carbocycles. The van der Waals surface area contributed by atoms with Crippen molar-refractivity contribution >= 4 is 22.6 Å². The molecule has 0 radical (unpaired) electrons. The summed E-state index contributed by atoms with van der Waals surface area (Å²) in [7, 11) is 1.66. The third kappa shape index (κ3) is 3.52. The molecule has 0 amide bonds. The first-order valence-corrected chi connectivity index (χ1v) is 8.43. The molecule has 0 aliphatic heterocycles. The van der Waals surface area contributed by atoms with Gasteiger partial charge >= 0.3 is 0 Å². The minimum Gasteiger partial charge on any atom is -0.497 e. The quantitative estimate of drug-likeness (QED) is 0.628. The Balaban J connectivity index is 2.45. The van der Waals surface area contributed by atoms with Crippen molar-refractivity contribution in [2.24, 2.45) is 0 Å². The second-order valence-electron chi connectivity index (χ2n) is 6.09. The van der Waals surface area contributed by atoms with Crippen molar-refractivity contribution < 1.29 is 4.74 Å². The maximum atomic E-state index is 6.45. The van der Waals surface area contributed by atoms with Gasteiger partial charge in [0.05, 0.1) is 23.8 Å². The van der Waals surface area contributed by atoms with E-state index in [4.69, 9.17) is 21.3 Å². The van der Waals surface area contributed by atoms with Crippen LogP contribution in [-0.2, 0) is 5.41 Å². The molecule has 2 aromatic rings. The number of halogens is 1. The van der Waals surface area contributed by atoms with Crippen LogP contribution in [0.5, 0.6) is 5.75 Å². The summed E-state index contributed by atoms with van der Waals surface area (Å²) in [6.45, 7) is 6.66. The monoisotopic (exact) mass is 320 g/mol. The van der Waals surface area contributed by atoms with Crippen molar-refractivity contribution in [3.63, 3.8) is 0 Å². The van der Waals surface area contributed by atoms with Crippen LogP contribution in [0.25, 0.3) is 11.0 Å². The topological polar surface area (TPSA) is 35.0 Å². The highest BCUT2D eigenvalue weighted by Crippen LogP contribution is 2.36. The van der Waals surface area contributed by atoms with E-state index in [0.717, 1.165) is 35.3 Å². The fourth-order valence-electron chi connectivity index (χ4n) is 2.75. The third-order valence-electron chi connectivity index (χ3n) is 4.51. The van der Waals surface area contributed by atoms with E-state index in [1.165, 1.54) is 19.3 Å². The lowest BCUT2D eigenvalue weighted by Crippen LogP contribution is -2.23. The van der Waals surface area contributed by atoms with Crippen LogP contribution in [0.3, 0.4) is 0 Å². The van der Waals surface area contributed by atoms with E-state index in [9.17, 15) is 0 Å². The molecule has 1 unspecified atom stereocenters. The first-order valence-electron chi connectivity index (χ1n) is 8.06. The van der Waals surface area contributed by atoms with E-state index in [-0.39, 0.29) is 5.41 Å². The number of hydrogen-bond donors (Lipinski definition) is 0. The Kier molecular flexibility index (Phi) is 5.63. The molecule has 4 heteroatoms. The average Bonchev–Trinajstić information content (AvgIpc) is 2.53. The predicted molar refractivity (Wildman–Crippen MR) is 92.9 cm³/mol. The van der Waals surface area contributed by atoms with Gasteiger partial charge in [-0.05, 0) is 25.0 Å². The fourth-order valence-corrected chi connectivity index (χ4v) is 3.11. The summed E-state index contributed by atoms with van der Waals surface area (Å²) in [5, 5.41) is 0.526. The van der Waals surface area contributed by atoms with Gasteiger partial charge < -0.3 is 4.74 Å². The molecule has 1 heterocycles. The lowest BCUT2D eigenvalue weighted by atomic mass is 9.79. The van der Waals surface area contributed by atoms with Gasteiger partial charge in [-0.1, -0.05) is 51.6 Å². The van der Waals surface area contributed by atoms with Crippen molar-refractivity contribution in [3.05, 3.63) is 29.0 Å². The van der Waals surface area contributed by atoms with Gasteiger partial charge in [-0.25, -0.2) is 9.97 Å². The molecule has 0 spiro atoms. The molecular formula is C18H25ClN2O. The van der Waals surface area contributed by atoms with Gasteiger partial charge in [-0.2, -0.15) is 0 Å². The molecule has 0 saturated heterocycles. The Labute approximate surface area is 138 Å². The lowest BCUT2D eigenvalue weighted by molar-refractivity contribution is 0.388. The zero-order valence-electron chi connectivity index (χ0n) is 13.9. The van der Waals surface area contributed by atoms with Crippen LogP contribution in [-0.4, -0.2) is 17.1 Å². The highest BCUT2D eigenvalue weighted by atomic mass is 35.5. The summed E-state index contributed by atoms with van der Waals surface area (Å²) in [5.74, 6) is 0.791.